The third-order valence-electron chi connectivity index (χ3n) is 6.41. The predicted octanol–water partition coefficient (Wildman–Crippen LogP) is 3.32. The maximum Gasteiger partial charge on any atom is 0.227 e. The molecule has 2 N–H and O–H groups in total. The average Bonchev–Trinajstić information content (AvgIpc) is 2.72. The van der Waals surface area contributed by atoms with E-state index in [9.17, 15) is 4.79 Å². The Morgan fingerprint density at radius 1 is 0.952 bits per heavy atom. The van der Waals surface area contributed by atoms with E-state index in [0.717, 1.165) is 31.2 Å². The summed E-state index contributed by atoms with van der Waals surface area (Å²) >= 11 is 0. The lowest BCUT2D eigenvalue weighted by atomic mass is 9.72. The van der Waals surface area contributed by atoms with Gasteiger partial charge in [-0.3, -0.25) is 4.79 Å². The van der Waals surface area contributed by atoms with Crippen LogP contribution in [0.25, 0.3) is 0 Å². The van der Waals surface area contributed by atoms with Crippen LogP contribution in [0.5, 0.6) is 0 Å². The number of rotatable bonds is 1. The van der Waals surface area contributed by atoms with E-state index < -0.39 is 0 Å². The first kappa shape index (κ1) is 15.3. The first-order valence-corrected chi connectivity index (χ1v) is 9.24. The van der Waals surface area contributed by atoms with Crippen molar-refractivity contribution in [3.05, 3.63) is 0 Å². The minimum Gasteiger partial charge on any atom is -0.339 e. The van der Waals surface area contributed by atoms with E-state index in [1.165, 1.54) is 51.4 Å². The van der Waals surface area contributed by atoms with Crippen molar-refractivity contribution in [2.75, 3.05) is 6.54 Å². The van der Waals surface area contributed by atoms with Crippen LogP contribution >= 0.6 is 0 Å². The van der Waals surface area contributed by atoms with Gasteiger partial charge < -0.3 is 10.6 Å². The highest BCUT2D eigenvalue weighted by atomic mass is 16.2. The molecule has 3 heteroatoms. The highest BCUT2D eigenvalue weighted by molar-refractivity contribution is 5.80. The Labute approximate surface area is 129 Å². The number of fused-ring (bicyclic) bond motifs is 1. The predicted molar refractivity (Wildman–Crippen MR) is 85.8 cm³/mol. The second kappa shape index (κ2) is 6.68. The van der Waals surface area contributed by atoms with Crippen molar-refractivity contribution >= 4 is 5.91 Å². The van der Waals surface area contributed by atoms with Gasteiger partial charge >= 0.3 is 0 Å². The van der Waals surface area contributed by atoms with Gasteiger partial charge in [0.1, 0.15) is 0 Å². The Balaban J connectivity index is 1.73. The minimum atomic E-state index is 0.0985. The molecule has 120 valence electrons. The number of carbonyl (C=O) groups excluding carboxylic acids is 1. The fourth-order valence-corrected chi connectivity index (χ4v) is 5.04. The molecule has 1 aliphatic heterocycles. The van der Waals surface area contributed by atoms with Gasteiger partial charge in [-0.05, 0) is 43.9 Å². The SMILES string of the molecule is CC1CCN(C(=O)C2CCCCCC2N)C2CCCCC12. The second-order valence-electron chi connectivity index (χ2n) is 7.72. The molecule has 3 nitrogen and oxygen atoms in total. The van der Waals surface area contributed by atoms with Crippen LogP contribution in [0.1, 0.15) is 71.1 Å². The summed E-state index contributed by atoms with van der Waals surface area (Å²) < 4.78 is 0. The fourth-order valence-electron chi connectivity index (χ4n) is 5.04. The van der Waals surface area contributed by atoms with E-state index in [1.807, 2.05) is 0 Å². The first-order valence-electron chi connectivity index (χ1n) is 9.24. The van der Waals surface area contributed by atoms with Crippen LogP contribution < -0.4 is 5.73 Å². The van der Waals surface area contributed by atoms with Gasteiger partial charge in [0.15, 0.2) is 0 Å². The summed E-state index contributed by atoms with van der Waals surface area (Å²) in [4.78, 5) is 15.4. The van der Waals surface area contributed by atoms with Crippen LogP contribution in [0.3, 0.4) is 0 Å². The molecular formula is C18H32N2O. The highest BCUT2D eigenvalue weighted by Gasteiger charge is 2.42. The standard InChI is InChI=1S/C18H32N2O/c1-13-11-12-20(17-10-6-5-7-14(13)17)18(21)15-8-3-2-4-9-16(15)19/h13-17H,2-12,19H2,1H3. The molecule has 3 aliphatic rings. The number of hydrogen-bond acceptors (Lipinski definition) is 2. The smallest absolute Gasteiger partial charge is 0.227 e. The lowest BCUT2D eigenvalue weighted by Gasteiger charge is -2.48. The average molecular weight is 292 g/mol. The summed E-state index contributed by atoms with van der Waals surface area (Å²) in [6, 6.07) is 0.617. The van der Waals surface area contributed by atoms with Crippen molar-refractivity contribution in [1.29, 1.82) is 0 Å². The molecule has 5 unspecified atom stereocenters. The van der Waals surface area contributed by atoms with Gasteiger partial charge in [0.2, 0.25) is 5.91 Å². The molecule has 3 rings (SSSR count). The zero-order valence-corrected chi connectivity index (χ0v) is 13.6. The second-order valence-corrected chi connectivity index (χ2v) is 7.72. The monoisotopic (exact) mass is 292 g/mol. The summed E-state index contributed by atoms with van der Waals surface area (Å²) in [5, 5.41) is 0. The molecular weight excluding hydrogens is 260 g/mol. The van der Waals surface area contributed by atoms with Crippen LogP contribution in [0.2, 0.25) is 0 Å². The zero-order chi connectivity index (χ0) is 14.8. The summed E-state index contributed by atoms with van der Waals surface area (Å²) in [7, 11) is 0. The number of nitrogens with two attached hydrogens (primary N) is 1. The molecule has 0 bridgehead atoms. The number of nitrogens with zero attached hydrogens (tertiary/aromatic N) is 1. The number of carbonyl (C=O) groups is 1. The van der Waals surface area contributed by atoms with E-state index >= 15 is 0 Å². The Morgan fingerprint density at radius 2 is 1.67 bits per heavy atom. The van der Waals surface area contributed by atoms with E-state index in [2.05, 4.69) is 11.8 Å². The minimum absolute atomic E-state index is 0.0985. The summed E-state index contributed by atoms with van der Waals surface area (Å²) in [5.41, 5.74) is 6.33. The van der Waals surface area contributed by atoms with Crippen LogP contribution in [-0.2, 0) is 4.79 Å². The molecule has 0 aromatic heterocycles. The molecule has 0 spiro atoms. The third-order valence-corrected chi connectivity index (χ3v) is 6.41. The third kappa shape index (κ3) is 3.13. The van der Waals surface area contributed by atoms with Gasteiger partial charge in [-0.15, -0.1) is 0 Å². The molecule has 0 radical (unpaired) electrons. The molecule has 3 fully saturated rings. The molecule has 2 aliphatic carbocycles. The largest absolute Gasteiger partial charge is 0.339 e. The summed E-state index contributed by atoms with van der Waals surface area (Å²) in [6.07, 6.45) is 12.1. The molecule has 1 saturated heterocycles. The quantitative estimate of drug-likeness (QED) is 0.754. The number of piperidine rings is 1. The van der Waals surface area contributed by atoms with Crippen molar-refractivity contribution in [3.8, 4) is 0 Å². The van der Waals surface area contributed by atoms with Gasteiger partial charge in [0, 0.05) is 18.6 Å². The Kier molecular flexibility index (Phi) is 4.88. The Bertz CT molecular complexity index is 370. The molecule has 1 amide bonds. The molecule has 2 saturated carbocycles. The number of hydrogen-bond donors (Lipinski definition) is 1. The summed E-state index contributed by atoms with van der Waals surface area (Å²) in [5.74, 6) is 2.04. The van der Waals surface area contributed by atoms with Crippen LogP contribution in [-0.4, -0.2) is 29.4 Å². The van der Waals surface area contributed by atoms with Crippen molar-refractivity contribution in [2.24, 2.45) is 23.5 Å². The lowest BCUT2D eigenvalue weighted by molar-refractivity contribution is -0.144. The normalized spacial score (nSPS) is 41.2. The molecule has 1 heterocycles. The Morgan fingerprint density at radius 3 is 2.52 bits per heavy atom. The van der Waals surface area contributed by atoms with Crippen molar-refractivity contribution in [1.82, 2.24) is 4.90 Å². The fraction of sp³-hybridized carbons (Fsp3) is 0.944. The summed E-state index contributed by atoms with van der Waals surface area (Å²) in [6.45, 7) is 3.37. The zero-order valence-electron chi connectivity index (χ0n) is 13.6. The van der Waals surface area contributed by atoms with E-state index in [4.69, 9.17) is 5.73 Å². The topological polar surface area (TPSA) is 46.3 Å². The number of amides is 1. The van der Waals surface area contributed by atoms with Crippen molar-refractivity contribution in [2.45, 2.75) is 83.2 Å². The van der Waals surface area contributed by atoms with Gasteiger partial charge in [0.25, 0.3) is 0 Å². The van der Waals surface area contributed by atoms with Gasteiger partial charge in [-0.25, -0.2) is 0 Å². The number of likely N-dealkylation sites (tertiary alicyclic amines) is 1. The highest BCUT2D eigenvalue weighted by Crippen LogP contribution is 2.40. The molecule has 0 aromatic rings. The van der Waals surface area contributed by atoms with E-state index in [0.29, 0.717) is 11.9 Å². The Hall–Kier alpha value is -0.570. The van der Waals surface area contributed by atoms with Crippen molar-refractivity contribution in [3.63, 3.8) is 0 Å². The van der Waals surface area contributed by atoms with E-state index in [1.54, 1.807) is 0 Å². The van der Waals surface area contributed by atoms with Gasteiger partial charge in [-0.2, -0.15) is 0 Å². The molecule has 0 aromatic carbocycles. The van der Waals surface area contributed by atoms with Crippen LogP contribution in [0, 0.1) is 17.8 Å². The van der Waals surface area contributed by atoms with Crippen LogP contribution in [0.4, 0.5) is 0 Å². The maximum absolute atomic E-state index is 13.1. The first-order chi connectivity index (χ1) is 10.2. The van der Waals surface area contributed by atoms with Gasteiger partial charge in [0.05, 0.1) is 5.92 Å². The van der Waals surface area contributed by atoms with Gasteiger partial charge in [-0.1, -0.05) is 39.0 Å². The molecule has 21 heavy (non-hydrogen) atoms. The lowest BCUT2D eigenvalue weighted by Crippen LogP contribution is -2.55. The van der Waals surface area contributed by atoms with Crippen LogP contribution in [0.15, 0.2) is 0 Å². The molecule has 5 atom stereocenters. The maximum atomic E-state index is 13.1. The van der Waals surface area contributed by atoms with E-state index in [-0.39, 0.29) is 12.0 Å². The van der Waals surface area contributed by atoms with Crippen molar-refractivity contribution < 1.29 is 4.79 Å².